The number of aryl methyl sites for hydroxylation is 1. The molecule has 1 saturated heterocycles. The van der Waals surface area contributed by atoms with Crippen LogP contribution in [0.15, 0.2) is 72.8 Å². The fraction of sp³-hybridized carbons (Fsp3) is 0.200. The average molecular weight is 433 g/mol. The SMILES string of the molecule is Cc1ccc(C(=O)N2C(=O)N(c3ccc(Cl)cc3)[C@@]3(C)C[C@H]2c2ccccc2O3)cc1. The van der Waals surface area contributed by atoms with Crippen molar-refractivity contribution >= 4 is 29.2 Å². The molecule has 6 heteroatoms. The molecule has 0 spiro atoms. The molecule has 2 atom stereocenters. The first-order chi connectivity index (χ1) is 14.9. The standard InChI is InChI=1S/C25H21ClN2O3/c1-16-7-9-17(10-8-16)23(29)27-21-15-25(2,31-22-6-4-3-5-20(21)22)28(24(27)30)19-13-11-18(26)12-14-19/h3-14,21H,15H2,1-2H3/t21-,25+/m0/s1. The van der Waals surface area contributed by atoms with Crippen molar-refractivity contribution in [2.75, 3.05) is 4.90 Å². The van der Waals surface area contributed by atoms with Crippen LogP contribution in [-0.2, 0) is 0 Å². The van der Waals surface area contributed by atoms with Crippen molar-refractivity contribution in [1.82, 2.24) is 4.90 Å². The molecule has 5 nitrogen and oxygen atoms in total. The fourth-order valence-corrected chi connectivity index (χ4v) is 4.57. The van der Waals surface area contributed by atoms with Crippen LogP contribution in [0.4, 0.5) is 10.5 Å². The number of carbonyl (C=O) groups excluding carboxylic acids is 2. The summed E-state index contributed by atoms with van der Waals surface area (Å²) in [6.45, 7) is 3.85. The van der Waals surface area contributed by atoms with Gasteiger partial charge in [0, 0.05) is 28.3 Å². The Morgan fingerprint density at radius 3 is 2.42 bits per heavy atom. The maximum absolute atomic E-state index is 13.8. The number of fused-ring (bicyclic) bond motifs is 4. The second kappa shape index (κ2) is 7.13. The Labute approximate surface area is 185 Å². The predicted octanol–water partition coefficient (Wildman–Crippen LogP) is 5.97. The van der Waals surface area contributed by atoms with Gasteiger partial charge in [-0.1, -0.05) is 47.5 Å². The predicted molar refractivity (Wildman–Crippen MR) is 120 cm³/mol. The largest absolute Gasteiger partial charge is 0.467 e. The first-order valence-corrected chi connectivity index (χ1v) is 10.5. The molecule has 3 aromatic rings. The molecule has 0 radical (unpaired) electrons. The smallest absolute Gasteiger partial charge is 0.335 e. The normalized spacial score (nSPS) is 22.0. The lowest BCUT2D eigenvalue weighted by Gasteiger charge is -2.53. The second-order valence-corrected chi connectivity index (χ2v) is 8.61. The number of hydrogen-bond acceptors (Lipinski definition) is 3. The Morgan fingerprint density at radius 1 is 1.03 bits per heavy atom. The van der Waals surface area contributed by atoms with Crippen molar-refractivity contribution in [2.24, 2.45) is 0 Å². The maximum Gasteiger partial charge on any atom is 0.335 e. The van der Waals surface area contributed by atoms with E-state index >= 15 is 0 Å². The molecule has 2 aliphatic heterocycles. The minimum Gasteiger partial charge on any atom is -0.467 e. The molecule has 0 aromatic heterocycles. The van der Waals surface area contributed by atoms with E-state index in [2.05, 4.69) is 0 Å². The van der Waals surface area contributed by atoms with E-state index in [4.69, 9.17) is 16.3 Å². The molecule has 3 aromatic carbocycles. The van der Waals surface area contributed by atoms with Crippen LogP contribution in [0.5, 0.6) is 5.75 Å². The first kappa shape index (κ1) is 19.6. The van der Waals surface area contributed by atoms with Crippen molar-refractivity contribution < 1.29 is 14.3 Å². The van der Waals surface area contributed by atoms with Crippen LogP contribution < -0.4 is 9.64 Å². The van der Waals surface area contributed by atoms with Gasteiger partial charge in [-0.3, -0.25) is 14.6 Å². The van der Waals surface area contributed by atoms with Crippen molar-refractivity contribution in [3.05, 3.63) is 94.5 Å². The number of benzene rings is 3. The Balaban J connectivity index is 1.66. The van der Waals surface area contributed by atoms with Crippen LogP contribution in [0.25, 0.3) is 0 Å². The highest BCUT2D eigenvalue weighted by Crippen LogP contribution is 2.49. The van der Waals surface area contributed by atoms with E-state index in [1.54, 1.807) is 41.3 Å². The van der Waals surface area contributed by atoms with Gasteiger partial charge in [-0.15, -0.1) is 0 Å². The topological polar surface area (TPSA) is 49.9 Å². The van der Waals surface area contributed by atoms with E-state index in [9.17, 15) is 9.59 Å². The molecule has 0 N–H and O–H groups in total. The number of para-hydroxylation sites is 1. The highest BCUT2D eigenvalue weighted by molar-refractivity contribution is 6.30. The second-order valence-electron chi connectivity index (χ2n) is 8.17. The zero-order chi connectivity index (χ0) is 21.8. The third-order valence-corrected chi connectivity index (χ3v) is 6.22. The number of ether oxygens (including phenoxy) is 1. The van der Waals surface area contributed by atoms with Crippen molar-refractivity contribution in [3.63, 3.8) is 0 Å². The van der Waals surface area contributed by atoms with Crippen LogP contribution in [0.2, 0.25) is 5.02 Å². The highest BCUT2D eigenvalue weighted by atomic mass is 35.5. The summed E-state index contributed by atoms with van der Waals surface area (Å²) in [5, 5.41) is 0.568. The van der Waals surface area contributed by atoms with Crippen molar-refractivity contribution in [2.45, 2.75) is 32.0 Å². The van der Waals surface area contributed by atoms with E-state index in [0.717, 1.165) is 11.1 Å². The van der Waals surface area contributed by atoms with Crippen LogP contribution in [0, 0.1) is 6.92 Å². The molecule has 156 valence electrons. The van der Waals surface area contributed by atoms with Gasteiger partial charge in [-0.25, -0.2) is 4.79 Å². The Hall–Kier alpha value is -3.31. The number of nitrogens with zero attached hydrogens (tertiary/aromatic N) is 2. The number of rotatable bonds is 2. The molecule has 2 bridgehead atoms. The summed E-state index contributed by atoms with van der Waals surface area (Å²) >= 11 is 6.07. The van der Waals surface area contributed by atoms with Gasteiger partial charge in [0.2, 0.25) is 0 Å². The van der Waals surface area contributed by atoms with Gasteiger partial charge >= 0.3 is 6.03 Å². The minimum absolute atomic E-state index is 0.326. The summed E-state index contributed by atoms with van der Waals surface area (Å²) in [6.07, 6.45) is 0.454. The lowest BCUT2D eigenvalue weighted by Crippen LogP contribution is -2.67. The molecule has 1 fully saturated rings. The molecule has 2 aliphatic rings. The summed E-state index contributed by atoms with van der Waals surface area (Å²) in [6, 6.07) is 21.0. The van der Waals surface area contributed by atoms with E-state index in [-0.39, 0.29) is 5.91 Å². The summed E-state index contributed by atoms with van der Waals surface area (Å²) in [5.74, 6) is 0.349. The molecule has 3 amide bonds. The minimum atomic E-state index is -0.937. The van der Waals surface area contributed by atoms with Gasteiger partial charge in [-0.2, -0.15) is 0 Å². The number of carbonyl (C=O) groups is 2. The first-order valence-electron chi connectivity index (χ1n) is 10.2. The number of urea groups is 1. The van der Waals surface area contributed by atoms with E-state index in [1.165, 1.54) is 4.90 Å². The highest BCUT2D eigenvalue weighted by Gasteiger charge is 2.55. The summed E-state index contributed by atoms with van der Waals surface area (Å²) in [5.41, 5.74) is 2.05. The molecule has 2 heterocycles. The molecule has 0 aliphatic carbocycles. The Morgan fingerprint density at radius 2 is 1.71 bits per heavy atom. The van der Waals surface area contributed by atoms with Gasteiger partial charge in [-0.05, 0) is 56.3 Å². The third-order valence-electron chi connectivity index (χ3n) is 5.96. The van der Waals surface area contributed by atoms with Gasteiger partial charge in [0.25, 0.3) is 5.91 Å². The number of amides is 3. The quantitative estimate of drug-likeness (QED) is 0.501. The van der Waals surface area contributed by atoms with E-state index in [1.807, 2.05) is 50.2 Å². The average Bonchev–Trinajstić information content (AvgIpc) is 2.75. The summed E-state index contributed by atoms with van der Waals surface area (Å²) in [7, 11) is 0. The summed E-state index contributed by atoms with van der Waals surface area (Å²) < 4.78 is 6.34. The van der Waals surface area contributed by atoms with Gasteiger partial charge < -0.3 is 4.74 Å². The fourth-order valence-electron chi connectivity index (χ4n) is 4.44. The van der Waals surface area contributed by atoms with E-state index < -0.39 is 17.8 Å². The maximum atomic E-state index is 13.8. The molecular weight excluding hydrogens is 412 g/mol. The lowest BCUT2D eigenvalue weighted by molar-refractivity contribution is 0.00268. The zero-order valence-corrected chi connectivity index (χ0v) is 18.0. The number of halogens is 1. The van der Waals surface area contributed by atoms with Gasteiger partial charge in [0.05, 0.1) is 6.04 Å². The lowest BCUT2D eigenvalue weighted by atomic mass is 9.88. The van der Waals surface area contributed by atoms with Crippen LogP contribution in [-0.4, -0.2) is 22.6 Å². The van der Waals surface area contributed by atoms with Crippen molar-refractivity contribution in [3.8, 4) is 5.75 Å². The van der Waals surface area contributed by atoms with E-state index in [0.29, 0.717) is 28.4 Å². The molecule has 0 unspecified atom stereocenters. The number of hydrogen-bond donors (Lipinski definition) is 0. The van der Waals surface area contributed by atoms with Crippen molar-refractivity contribution in [1.29, 1.82) is 0 Å². The molecule has 31 heavy (non-hydrogen) atoms. The molecular formula is C25H21ClN2O3. The van der Waals surface area contributed by atoms with Crippen LogP contribution in [0.3, 0.4) is 0 Å². The Kier molecular flexibility index (Phi) is 4.52. The Bertz CT molecular complexity index is 1180. The molecule has 0 saturated carbocycles. The van der Waals surface area contributed by atoms with Crippen LogP contribution >= 0.6 is 11.6 Å². The monoisotopic (exact) mass is 432 g/mol. The van der Waals surface area contributed by atoms with Crippen LogP contribution in [0.1, 0.15) is 40.9 Å². The van der Waals surface area contributed by atoms with Gasteiger partial charge in [0.1, 0.15) is 5.75 Å². The number of imide groups is 1. The zero-order valence-electron chi connectivity index (χ0n) is 17.2. The molecule has 5 rings (SSSR count). The third kappa shape index (κ3) is 3.17. The van der Waals surface area contributed by atoms with Gasteiger partial charge in [0.15, 0.2) is 5.72 Å². The summed E-state index contributed by atoms with van der Waals surface area (Å²) in [4.78, 5) is 30.3. The number of anilines is 1.